The highest BCUT2D eigenvalue weighted by atomic mass is 16.2. The van der Waals surface area contributed by atoms with Crippen LogP contribution in [0.15, 0.2) is 24.5 Å². The largest absolute Gasteiger partial charge is 0.344 e. The van der Waals surface area contributed by atoms with E-state index < -0.39 is 0 Å². The number of hydrogen-bond donors (Lipinski definition) is 1. The maximum atomic E-state index is 12.0. The van der Waals surface area contributed by atoms with E-state index >= 15 is 0 Å². The van der Waals surface area contributed by atoms with Gasteiger partial charge >= 0.3 is 0 Å². The number of hydrogen-bond acceptors (Lipinski definition) is 4. The Morgan fingerprint density at radius 1 is 1.50 bits per heavy atom. The Hall–Kier alpha value is -2.94. The van der Waals surface area contributed by atoms with Crippen LogP contribution in [-0.2, 0) is 4.79 Å². The van der Waals surface area contributed by atoms with E-state index in [4.69, 9.17) is 5.26 Å². The van der Waals surface area contributed by atoms with Crippen molar-refractivity contribution in [3.63, 3.8) is 0 Å². The third-order valence-electron chi connectivity index (χ3n) is 4.74. The smallest absolute Gasteiger partial charge is 0.236 e. The molecule has 1 unspecified atom stereocenters. The molecule has 0 radical (unpaired) electrons. The summed E-state index contributed by atoms with van der Waals surface area (Å²) in [6, 6.07) is 6.09. The summed E-state index contributed by atoms with van der Waals surface area (Å²) in [5.41, 5.74) is 4.01. The van der Waals surface area contributed by atoms with Gasteiger partial charge in [0.15, 0.2) is 0 Å². The van der Waals surface area contributed by atoms with E-state index in [-0.39, 0.29) is 18.2 Å². The van der Waals surface area contributed by atoms with Crippen LogP contribution in [0.3, 0.4) is 0 Å². The van der Waals surface area contributed by atoms with Gasteiger partial charge in [-0.3, -0.25) is 9.78 Å². The molecule has 4 rings (SSSR count). The molecule has 0 spiro atoms. The van der Waals surface area contributed by atoms with Gasteiger partial charge in [-0.15, -0.1) is 0 Å². The predicted octanol–water partition coefficient (Wildman–Crippen LogP) is 2.65. The van der Waals surface area contributed by atoms with Gasteiger partial charge in [-0.2, -0.15) is 5.26 Å². The van der Waals surface area contributed by atoms with Gasteiger partial charge in [-0.25, -0.2) is 4.98 Å². The molecule has 1 aliphatic heterocycles. The first-order valence-electron chi connectivity index (χ1n) is 8.05. The minimum atomic E-state index is -0.0809. The standard InChI is InChI=1S/C18H17N5O/c1-11-8-14-17-13(3-6-20-15(17)9-21-18(14)22-11)12-4-7-23(10-12)16(24)2-5-19/h3,6,8-9,12H,2,4,7,10H2,1H3,(H,21,22). The summed E-state index contributed by atoms with van der Waals surface area (Å²) in [5.74, 6) is 0.182. The number of fused-ring (bicyclic) bond motifs is 3. The Morgan fingerprint density at radius 2 is 2.38 bits per heavy atom. The number of carbonyl (C=O) groups is 1. The lowest BCUT2D eigenvalue weighted by atomic mass is 9.94. The molecular weight excluding hydrogens is 302 g/mol. The van der Waals surface area contributed by atoms with Crippen molar-refractivity contribution in [1.82, 2.24) is 19.9 Å². The Labute approximate surface area is 139 Å². The number of nitrogens with one attached hydrogen (secondary N) is 1. The zero-order chi connectivity index (χ0) is 16.7. The first-order valence-corrected chi connectivity index (χ1v) is 8.05. The van der Waals surface area contributed by atoms with Crippen molar-refractivity contribution in [2.75, 3.05) is 13.1 Å². The number of nitriles is 1. The second-order valence-electron chi connectivity index (χ2n) is 6.29. The van der Waals surface area contributed by atoms with E-state index in [9.17, 15) is 4.79 Å². The van der Waals surface area contributed by atoms with Crippen molar-refractivity contribution >= 4 is 27.8 Å². The molecule has 1 saturated heterocycles. The number of H-pyrrole nitrogens is 1. The SMILES string of the molecule is Cc1cc2c(ncc3nccc(C4CCN(C(=O)CC#N)C4)c32)[nH]1. The Bertz CT molecular complexity index is 984. The molecule has 0 bridgehead atoms. The predicted molar refractivity (Wildman–Crippen MR) is 90.3 cm³/mol. The highest BCUT2D eigenvalue weighted by Crippen LogP contribution is 2.35. The molecule has 4 heterocycles. The number of amides is 1. The van der Waals surface area contributed by atoms with Gasteiger partial charge in [-0.05, 0) is 31.0 Å². The first kappa shape index (κ1) is 14.6. The van der Waals surface area contributed by atoms with E-state index in [1.807, 2.05) is 25.3 Å². The van der Waals surface area contributed by atoms with Gasteiger partial charge in [0.2, 0.25) is 5.91 Å². The molecule has 3 aromatic heterocycles. The van der Waals surface area contributed by atoms with Crippen LogP contribution < -0.4 is 0 Å². The third-order valence-corrected chi connectivity index (χ3v) is 4.74. The Kier molecular flexibility index (Phi) is 3.42. The molecular formula is C18H17N5O. The van der Waals surface area contributed by atoms with Gasteiger partial charge in [0, 0.05) is 41.7 Å². The van der Waals surface area contributed by atoms with E-state index in [1.54, 1.807) is 11.1 Å². The molecule has 0 saturated carbocycles. The average Bonchev–Trinajstić information content (AvgIpc) is 3.20. The lowest BCUT2D eigenvalue weighted by Crippen LogP contribution is -2.27. The van der Waals surface area contributed by atoms with E-state index in [0.717, 1.165) is 34.1 Å². The van der Waals surface area contributed by atoms with E-state index in [1.165, 1.54) is 5.56 Å². The highest BCUT2D eigenvalue weighted by Gasteiger charge is 2.28. The quantitative estimate of drug-likeness (QED) is 0.787. The van der Waals surface area contributed by atoms with Crippen molar-refractivity contribution in [3.05, 3.63) is 35.8 Å². The number of pyridine rings is 2. The Morgan fingerprint density at radius 3 is 3.21 bits per heavy atom. The van der Waals surface area contributed by atoms with Gasteiger partial charge in [-0.1, -0.05) is 0 Å². The molecule has 120 valence electrons. The van der Waals surface area contributed by atoms with Gasteiger partial charge in [0.05, 0.1) is 17.8 Å². The number of carbonyl (C=O) groups excluding carboxylic acids is 1. The Balaban J connectivity index is 1.79. The van der Waals surface area contributed by atoms with Crippen LogP contribution in [0.25, 0.3) is 21.9 Å². The molecule has 24 heavy (non-hydrogen) atoms. The molecule has 1 N–H and O–H groups in total. The van der Waals surface area contributed by atoms with Crippen molar-refractivity contribution in [2.24, 2.45) is 0 Å². The monoisotopic (exact) mass is 319 g/mol. The molecule has 0 aromatic carbocycles. The van der Waals surface area contributed by atoms with Crippen LogP contribution >= 0.6 is 0 Å². The maximum Gasteiger partial charge on any atom is 0.236 e. The number of rotatable bonds is 2. The van der Waals surface area contributed by atoms with E-state index in [0.29, 0.717) is 13.1 Å². The highest BCUT2D eigenvalue weighted by molar-refractivity contribution is 6.05. The molecule has 1 fully saturated rings. The number of aromatic nitrogens is 3. The van der Waals surface area contributed by atoms with Crippen molar-refractivity contribution in [3.8, 4) is 6.07 Å². The van der Waals surface area contributed by atoms with Crippen molar-refractivity contribution < 1.29 is 4.79 Å². The molecule has 1 amide bonds. The van der Waals surface area contributed by atoms with Crippen LogP contribution in [0, 0.1) is 18.3 Å². The average molecular weight is 319 g/mol. The van der Waals surface area contributed by atoms with Gasteiger partial charge in [0.25, 0.3) is 0 Å². The van der Waals surface area contributed by atoms with Crippen molar-refractivity contribution in [1.29, 1.82) is 5.26 Å². The van der Waals surface area contributed by atoms with Crippen LogP contribution in [0.4, 0.5) is 0 Å². The molecule has 1 atom stereocenters. The summed E-state index contributed by atoms with van der Waals surface area (Å²) in [7, 11) is 0. The first-order chi connectivity index (χ1) is 11.7. The summed E-state index contributed by atoms with van der Waals surface area (Å²) in [4.78, 5) is 25.9. The van der Waals surface area contributed by atoms with Gasteiger partial charge < -0.3 is 9.88 Å². The number of likely N-dealkylation sites (tertiary alicyclic amines) is 1. The lowest BCUT2D eigenvalue weighted by Gasteiger charge is -2.16. The number of nitrogens with zero attached hydrogens (tertiary/aromatic N) is 4. The third kappa shape index (κ3) is 2.29. The fraction of sp³-hybridized carbons (Fsp3) is 0.333. The van der Waals surface area contributed by atoms with Crippen LogP contribution in [-0.4, -0.2) is 38.8 Å². The molecule has 3 aromatic rings. The number of aromatic amines is 1. The summed E-state index contributed by atoms with van der Waals surface area (Å²) < 4.78 is 0. The zero-order valence-electron chi connectivity index (χ0n) is 13.4. The van der Waals surface area contributed by atoms with Crippen LogP contribution in [0.1, 0.15) is 30.0 Å². The second kappa shape index (κ2) is 5.60. The normalized spacial score (nSPS) is 17.5. The fourth-order valence-electron chi connectivity index (χ4n) is 3.64. The summed E-state index contributed by atoms with van der Waals surface area (Å²) in [6.07, 6.45) is 4.47. The minimum absolute atomic E-state index is 0.0466. The van der Waals surface area contributed by atoms with Crippen molar-refractivity contribution in [2.45, 2.75) is 25.7 Å². The van der Waals surface area contributed by atoms with Gasteiger partial charge in [0.1, 0.15) is 12.1 Å². The summed E-state index contributed by atoms with van der Waals surface area (Å²) in [6.45, 7) is 3.38. The van der Waals surface area contributed by atoms with E-state index in [2.05, 4.69) is 21.0 Å². The zero-order valence-corrected chi connectivity index (χ0v) is 13.4. The molecule has 6 heteroatoms. The minimum Gasteiger partial charge on any atom is -0.344 e. The summed E-state index contributed by atoms with van der Waals surface area (Å²) in [5, 5.41) is 10.9. The van der Waals surface area contributed by atoms with Crippen LogP contribution in [0.5, 0.6) is 0 Å². The molecule has 6 nitrogen and oxygen atoms in total. The fourth-order valence-corrected chi connectivity index (χ4v) is 3.64. The molecule has 1 aliphatic rings. The topological polar surface area (TPSA) is 85.7 Å². The number of aryl methyl sites for hydroxylation is 1. The van der Waals surface area contributed by atoms with Crippen LogP contribution in [0.2, 0.25) is 0 Å². The maximum absolute atomic E-state index is 12.0. The summed E-state index contributed by atoms with van der Waals surface area (Å²) >= 11 is 0. The second-order valence-corrected chi connectivity index (χ2v) is 6.29. The molecule has 0 aliphatic carbocycles. The lowest BCUT2D eigenvalue weighted by molar-refractivity contribution is -0.129.